The molecule has 19 heavy (non-hydrogen) atoms. The lowest BCUT2D eigenvalue weighted by molar-refractivity contribution is 0.903. The Morgan fingerprint density at radius 2 is 2.05 bits per heavy atom. The van der Waals surface area contributed by atoms with Gasteiger partial charge in [-0.15, -0.1) is 0 Å². The molecule has 1 heterocycles. The molecule has 0 atom stereocenters. The highest BCUT2D eigenvalue weighted by Crippen LogP contribution is 2.24. The minimum Gasteiger partial charge on any atom is -0.340 e. The van der Waals surface area contributed by atoms with Gasteiger partial charge < -0.3 is 10.7 Å². The molecule has 4 N–H and O–H groups in total. The highest BCUT2D eigenvalue weighted by molar-refractivity contribution is 14.1. The molecule has 0 amide bonds. The summed E-state index contributed by atoms with van der Waals surface area (Å²) in [5.74, 6) is 6.97. The van der Waals surface area contributed by atoms with E-state index in [0.29, 0.717) is 5.82 Å². The summed E-state index contributed by atoms with van der Waals surface area (Å²) in [5, 5.41) is 3.32. The van der Waals surface area contributed by atoms with E-state index in [0.717, 1.165) is 29.9 Å². The van der Waals surface area contributed by atoms with Crippen LogP contribution in [0.2, 0.25) is 0 Å². The van der Waals surface area contributed by atoms with E-state index in [1.165, 1.54) is 9.90 Å². The Balaban J connectivity index is 2.33. The van der Waals surface area contributed by atoms with Crippen LogP contribution in [0, 0.1) is 3.57 Å². The topological polar surface area (TPSA) is 75.9 Å². The summed E-state index contributed by atoms with van der Waals surface area (Å²) < 4.78 is 1.17. The van der Waals surface area contributed by atoms with E-state index in [2.05, 4.69) is 56.3 Å². The molecule has 0 bridgehead atoms. The summed E-state index contributed by atoms with van der Waals surface area (Å²) in [4.78, 5) is 8.46. The standard InChI is InChI=1S/C13H16IN5/c1-2-4-11-12(16-8-17-13(11)19-15)18-10-6-3-5-9(14)7-10/h3,5-8H,2,4,15H2,1H3,(H2,16,17,18,19). The largest absolute Gasteiger partial charge is 0.340 e. The summed E-state index contributed by atoms with van der Waals surface area (Å²) in [5.41, 5.74) is 4.64. The number of rotatable bonds is 5. The van der Waals surface area contributed by atoms with Crippen molar-refractivity contribution < 1.29 is 0 Å². The zero-order chi connectivity index (χ0) is 13.7. The van der Waals surface area contributed by atoms with Gasteiger partial charge in [-0.1, -0.05) is 19.4 Å². The predicted octanol–water partition coefficient (Wildman–Crippen LogP) is 3.06. The summed E-state index contributed by atoms with van der Waals surface area (Å²) in [7, 11) is 0. The number of nitrogens with one attached hydrogen (secondary N) is 2. The van der Waals surface area contributed by atoms with Gasteiger partial charge in [-0.05, 0) is 47.2 Å². The van der Waals surface area contributed by atoms with Crippen LogP contribution in [0.25, 0.3) is 0 Å². The van der Waals surface area contributed by atoms with Crippen LogP contribution >= 0.6 is 22.6 Å². The van der Waals surface area contributed by atoms with Gasteiger partial charge in [-0.25, -0.2) is 15.8 Å². The average Bonchev–Trinajstić information content (AvgIpc) is 2.41. The molecule has 0 aliphatic carbocycles. The molecule has 0 radical (unpaired) electrons. The number of benzene rings is 1. The SMILES string of the molecule is CCCc1c(NN)ncnc1Nc1cccc(I)c1. The number of anilines is 3. The number of nitrogens with zero attached hydrogens (tertiary/aromatic N) is 2. The molecule has 1 aromatic carbocycles. The number of nitrogens with two attached hydrogens (primary N) is 1. The molecule has 0 spiro atoms. The van der Waals surface area contributed by atoms with Crippen molar-refractivity contribution in [3.63, 3.8) is 0 Å². The molecule has 0 saturated heterocycles. The summed E-state index contributed by atoms with van der Waals surface area (Å²) in [6, 6.07) is 8.13. The number of hydrogen-bond donors (Lipinski definition) is 3. The number of aromatic nitrogens is 2. The second-order valence-electron chi connectivity index (χ2n) is 4.08. The third-order valence-corrected chi connectivity index (χ3v) is 3.34. The molecule has 100 valence electrons. The molecule has 0 fully saturated rings. The molecular weight excluding hydrogens is 353 g/mol. The Kier molecular flexibility index (Phi) is 4.92. The van der Waals surface area contributed by atoms with Crippen LogP contribution in [-0.4, -0.2) is 9.97 Å². The van der Waals surface area contributed by atoms with E-state index in [9.17, 15) is 0 Å². The van der Waals surface area contributed by atoms with Crippen molar-refractivity contribution in [2.75, 3.05) is 10.7 Å². The molecule has 1 aromatic heterocycles. The molecule has 0 aliphatic heterocycles. The zero-order valence-corrected chi connectivity index (χ0v) is 12.8. The van der Waals surface area contributed by atoms with Crippen LogP contribution in [0.5, 0.6) is 0 Å². The average molecular weight is 369 g/mol. The van der Waals surface area contributed by atoms with E-state index < -0.39 is 0 Å². The van der Waals surface area contributed by atoms with Crippen molar-refractivity contribution in [3.05, 3.63) is 39.7 Å². The second kappa shape index (κ2) is 6.67. The fourth-order valence-electron chi connectivity index (χ4n) is 1.83. The quantitative estimate of drug-likeness (QED) is 0.429. The number of halogens is 1. The van der Waals surface area contributed by atoms with Gasteiger partial charge in [-0.3, -0.25) is 0 Å². The molecule has 6 heteroatoms. The fourth-order valence-corrected chi connectivity index (χ4v) is 2.38. The highest BCUT2D eigenvalue weighted by atomic mass is 127. The number of hydrazine groups is 1. The smallest absolute Gasteiger partial charge is 0.148 e. The van der Waals surface area contributed by atoms with Gasteiger partial charge in [0.2, 0.25) is 0 Å². The summed E-state index contributed by atoms with van der Waals surface area (Å²) in [6.07, 6.45) is 3.38. The lowest BCUT2D eigenvalue weighted by Gasteiger charge is -2.13. The minimum atomic E-state index is 0.671. The molecule has 0 aliphatic rings. The Morgan fingerprint density at radius 1 is 1.26 bits per heavy atom. The van der Waals surface area contributed by atoms with E-state index in [4.69, 9.17) is 5.84 Å². The van der Waals surface area contributed by atoms with Gasteiger partial charge in [0.05, 0.1) is 0 Å². The van der Waals surface area contributed by atoms with Crippen molar-refractivity contribution in [1.29, 1.82) is 0 Å². The van der Waals surface area contributed by atoms with Crippen molar-refractivity contribution in [1.82, 2.24) is 9.97 Å². The second-order valence-corrected chi connectivity index (χ2v) is 5.32. The van der Waals surface area contributed by atoms with Crippen LogP contribution in [0.4, 0.5) is 17.3 Å². The third kappa shape index (κ3) is 3.54. The van der Waals surface area contributed by atoms with Crippen LogP contribution < -0.4 is 16.6 Å². The monoisotopic (exact) mass is 369 g/mol. The van der Waals surface area contributed by atoms with E-state index in [1.807, 2.05) is 18.2 Å². The van der Waals surface area contributed by atoms with Crippen LogP contribution in [0.3, 0.4) is 0 Å². The van der Waals surface area contributed by atoms with Gasteiger partial charge in [0.25, 0.3) is 0 Å². The summed E-state index contributed by atoms with van der Waals surface area (Å²) in [6.45, 7) is 2.11. The Labute approximate surface area is 126 Å². The van der Waals surface area contributed by atoms with Gasteiger partial charge in [0.1, 0.15) is 18.0 Å². The minimum absolute atomic E-state index is 0.671. The third-order valence-electron chi connectivity index (χ3n) is 2.67. The maximum Gasteiger partial charge on any atom is 0.148 e. The van der Waals surface area contributed by atoms with Gasteiger partial charge >= 0.3 is 0 Å². The van der Waals surface area contributed by atoms with E-state index in [-0.39, 0.29) is 0 Å². The first-order valence-electron chi connectivity index (χ1n) is 6.07. The normalized spacial score (nSPS) is 10.3. The number of nitrogen functional groups attached to an aromatic ring is 1. The molecule has 0 unspecified atom stereocenters. The molecule has 5 nitrogen and oxygen atoms in total. The Bertz CT molecular complexity index is 558. The summed E-state index contributed by atoms with van der Waals surface area (Å²) >= 11 is 2.28. The first-order valence-corrected chi connectivity index (χ1v) is 7.15. The van der Waals surface area contributed by atoms with Crippen molar-refractivity contribution in [3.8, 4) is 0 Å². The molecule has 0 saturated carbocycles. The lowest BCUT2D eigenvalue weighted by atomic mass is 10.1. The van der Waals surface area contributed by atoms with Crippen molar-refractivity contribution in [2.45, 2.75) is 19.8 Å². The van der Waals surface area contributed by atoms with Gasteiger partial charge in [0, 0.05) is 14.8 Å². The Hall–Kier alpha value is -1.41. The number of hydrogen-bond acceptors (Lipinski definition) is 5. The lowest BCUT2D eigenvalue weighted by Crippen LogP contribution is -2.13. The van der Waals surface area contributed by atoms with Gasteiger partial charge in [-0.2, -0.15) is 0 Å². The van der Waals surface area contributed by atoms with Crippen LogP contribution in [-0.2, 0) is 6.42 Å². The maximum absolute atomic E-state index is 5.50. The fraction of sp³-hybridized carbons (Fsp3) is 0.231. The first-order chi connectivity index (χ1) is 9.24. The van der Waals surface area contributed by atoms with Crippen LogP contribution in [0.15, 0.2) is 30.6 Å². The molecule has 2 aromatic rings. The van der Waals surface area contributed by atoms with Gasteiger partial charge in [0.15, 0.2) is 0 Å². The first kappa shape index (κ1) is 14.0. The van der Waals surface area contributed by atoms with Crippen molar-refractivity contribution in [2.24, 2.45) is 5.84 Å². The highest BCUT2D eigenvalue weighted by Gasteiger charge is 2.10. The molecule has 2 rings (SSSR count). The van der Waals surface area contributed by atoms with E-state index in [1.54, 1.807) is 0 Å². The maximum atomic E-state index is 5.50. The van der Waals surface area contributed by atoms with Crippen molar-refractivity contribution >= 4 is 39.9 Å². The zero-order valence-electron chi connectivity index (χ0n) is 10.7. The van der Waals surface area contributed by atoms with Crippen LogP contribution in [0.1, 0.15) is 18.9 Å². The van der Waals surface area contributed by atoms with E-state index >= 15 is 0 Å². The Morgan fingerprint density at radius 3 is 2.74 bits per heavy atom. The predicted molar refractivity (Wildman–Crippen MR) is 86.3 cm³/mol. The molecular formula is C13H16IN5.